The molecular weight excluding hydrogens is 339 g/mol. The summed E-state index contributed by atoms with van der Waals surface area (Å²) in [6.45, 7) is -0.289. The van der Waals surface area contributed by atoms with Gasteiger partial charge in [-0.15, -0.1) is 13.2 Å². The number of nitrogens with one attached hydrogen (secondary N) is 3. The average Bonchev–Trinajstić information content (AvgIpc) is 2.53. The second-order valence-electron chi connectivity index (χ2n) is 5.79. The highest BCUT2D eigenvalue weighted by molar-refractivity contribution is 5.94. The van der Waals surface area contributed by atoms with Gasteiger partial charge in [0.15, 0.2) is 0 Å². The number of rotatable bonds is 5. The van der Waals surface area contributed by atoms with Crippen LogP contribution in [0.25, 0.3) is 0 Å². The molecule has 0 atom stereocenters. The maximum atomic E-state index is 12.2. The van der Waals surface area contributed by atoms with Crippen molar-refractivity contribution in [2.45, 2.75) is 44.5 Å². The van der Waals surface area contributed by atoms with Crippen LogP contribution in [0.15, 0.2) is 24.3 Å². The van der Waals surface area contributed by atoms with Crippen molar-refractivity contribution >= 4 is 17.6 Å². The maximum absolute atomic E-state index is 12.2. The van der Waals surface area contributed by atoms with Gasteiger partial charge in [0.05, 0.1) is 6.54 Å². The minimum Gasteiger partial charge on any atom is -0.406 e. The molecule has 25 heavy (non-hydrogen) atoms. The number of carbonyl (C=O) groups is 2. The van der Waals surface area contributed by atoms with E-state index >= 15 is 0 Å². The summed E-state index contributed by atoms with van der Waals surface area (Å²) in [6.07, 6.45) is 0.349. The van der Waals surface area contributed by atoms with E-state index < -0.39 is 24.1 Å². The Hall–Kier alpha value is -2.45. The topological polar surface area (TPSA) is 79.5 Å². The number of alkyl halides is 3. The van der Waals surface area contributed by atoms with Gasteiger partial charge < -0.3 is 20.7 Å². The second-order valence-corrected chi connectivity index (χ2v) is 5.79. The summed E-state index contributed by atoms with van der Waals surface area (Å²) in [6, 6.07) is 4.60. The van der Waals surface area contributed by atoms with E-state index in [9.17, 15) is 22.8 Å². The van der Waals surface area contributed by atoms with E-state index in [4.69, 9.17) is 0 Å². The highest BCUT2D eigenvalue weighted by Crippen LogP contribution is 2.25. The number of anilines is 1. The van der Waals surface area contributed by atoms with E-state index in [0.717, 1.165) is 37.8 Å². The van der Waals surface area contributed by atoms with E-state index in [1.54, 1.807) is 0 Å². The van der Waals surface area contributed by atoms with Crippen LogP contribution in [0.2, 0.25) is 0 Å². The van der Waals surface area contributed by atoms with Crippen LogP contribution < -0.4 is 20.7 Å². The molecule has 1 fully saturated rings. The Kier molecular flexibility index (Phi) is 6.49. The molecule has 0 heterocycles. The van der Waals surface area contributed by atoms with E-state index in [1.165, 1.54) is 18.6 Å². The molecule has 0 unspecified atom stereocenters. The minimum absolute atomic E-state index is 0.119. The Morgan fingerprint density at radius 2 is 1.88 bits per heavy atom. The lowest BCUT2D eigenvalue weighted by atomic mass is 9.96. The summed E-state index contributed by atoms with van der Waals surface area (Å²) >= 11 is 0. The van der Waals surface area contributed by atoms with Gasteiger partial charge in [-0.05, 0) is 25.0 Å². The smallest absolute Gasteiger partial charge is 0.406 e. The summed E-state index contributed by atoms with van der Waals surface area (Å²) < 4.78 is 40.3. The quantitative estimate of drug-likeness (QED) is 0.756. The zero-order valence-corrected chi connectivity index (χ0v) is 13.5. The van der Waals surface area contributed by atoms with Crippen LogP contribution in [0.3, 0.4) is 0 Å². The fourth-order valence-corrected chi connectivity index (χ4v) is 2.62. The largest absolute Gasteiger partial charge is 0.573 e. The molecule has 1 saturated carbocycles. The Bertz CT molecular complexity index is 602. The molecule has 0 spiro atoms. The molecule has 0 saturated heterocycles. The van der Waals surface area contributed by atoms with Crippen LogP contribution in [0, 0.1) is 0 Å². The molecule has 0 bridgehead atoms. The van der Waals surface area contributed by atoms with Crippen molar-refractivity contribution in [1.29, 1.82) is 0 Å². The van der Waals surface area contributed by atoms with Gasteiger partial charge in [0.1, 0.15) is 5.75 Å². The number of urea groups is 1. The number of amides is 3. The van der Waals surface area contributed by atoms with Crippen LogP contribution >= 0.6 is 0 Å². The Balaban J connectivity index is 1.76. The molecule has 6 nitrogen and oxygen atoms in total. The molecule has 3 amide bonds. The number of carbonyl (C=O) groups excluding carboxylic acids is 2. The molecule has 1 aromatic carbocycles. The standard InChI is InChI=1S/C16H20F3N3O3/c17-16(18,19)25-13-8-4-7-12(9-13)21-14(23)10-20-15(24)22-11-5-2-1-3-6-11/h4,7-9,11H,1-3,5-6,10H2,(H,21,23)(H2,20,22,24). The number of hydrogen-bond acceptors (Lipinski definition) is 3. The molecule has 0 aliphatic heterocycles. The van der Waals surface area contributed by atoms with Gasteiger partial charge in [0, 0.05) is 17.8 Å². The first-order valence-electron chi connectivity index (χ1n) is 8.02. The number of halogens is 3. The number of ether oxygens (including phenoxy) is 1. The monoisotopic (exact) mass is 359 g/mol. The zero-order chi connectivity index (χ0) is 18.3. The van der Waals surface area contributed by atoms with Crippen LogP contribution in [0.5, 0.6) is 5.75 Å². The molecule has 9 heteroatoms. The van der Waals surface area contributed by atoms with Gasteiger partial charge in [0.25, 0.3) is 0 Å². The Morgan fingerprint density at radius 3 is 2.56 bits per heavy atom. The molecule has 0 aromatic heterocycles. The third kappa shape index (κ3) is 7.32. The van der Waals surface area contributed by atoms with Gasteiger partial charge in [-0.1, -0.05) is 25.3 Å². The lowest BCUT2D eigenvalue weighted by Crippen LogP contribution is -2.45. The van der Waals surface area contributed by atoms with Crippen molar-refractivity contribution in [3.8, 4) is 5.75 Å². The van der Waals surface area contributed by atoms with E-state index in [1.807, 2.05) is 0 Å². The van der Waals surface area contributed by atoms with E-state index in [0.29, 0.717) is 0 Å². The predicted molar refractivity (Wildman–Crippen MR) is 85.2 cm³/mol. The van der Waals surface area contributed by atoms with Crippen LogP contribution in [-0.2, 0) is 4.79 Å². The third-order valence-electron chi connectivity index (χ3n) is 3.70. The highest BCUT2D eigenvalue weighted by atomic mass is 19.4. The van der Waals surface area contributed by atoms with Crippen LogP contribution in [0.4, 0.5) is 23.7 Å². The van der Waals surface area contributed by atoms with Crippen LogP contribution in [0.1, 0.15) is 32.1 Å². The number of hydrogen-bond donors (Lipinski definition) is 3. The maximum Gasteiger partial charge on any atom is 0.573 e. The highest BCUT2D eigenvalue weighted by Gasteiger charge is 2.31. The number of benzene rings is 1. The molecule has 0 radical (unpaired) electrons. The molecule has 138 valence electrons. The molecule has 1 aliphatic rings. The summed E-state index contributed by atoms with van der Waals surface area (Å²) in [7, 11) is 0. The first kappa shape index (κ1) is 18.9. The molecule has 1 aliphatic carbocycles. The molecule has 3 N–H and O–H groups in total. The van der Waals surface area contributed by atoms with Gasteiger partial charge in [-0.2, -0.15) is 0 Å². The van der Waals surface area contributed by atoms with Gasteiger partial charge >= 0.3 is 12.4 Å². The fourth-order valence-electron chi connectivity index (χ4n) is 2.62. The summed E-state index contributed by atoms with van der Waals surface area (Å²) in [5, 5.41) is 7.63. The Morgan fingerprint density at radius 1 is 1.16 bits per heavy atom. The van der Waals surface area contributed by atoms with Crippen molar-refractivity contribution in [3.63, 3.8) is 0 Å². The van der Waals surface area contributed by atoms with Crippen molar-refractivity contribution in [2.75, 3.05) is 11.9 Å². The second kappa shape index (κ2) is 8.59. The van der Waals surface area contributed by atoms with Crippen molar-refractivity contribution in [3.05, 3.63) is 24.3 Å². The first-order chi connectivity index (χ1) is 11.8. The van der Waals surface area contributed by atoms with Crippen LogP contribution in [-0.4, -0.2) is 30.9 Å². The summed E-state index contributed by atoms with van der Waals surface area (Å²) in [4.78, 5) is 23.5. The fraction of sp³-hybridized carbons (Fsp3) is 0.500. The summed E-state index contributed by atoms with van der Waals surface area (Å²) in [5.41, 5.74) is 0.140. The van der Waals surface area contributed by atoms with Gasteiger partial charge in [-0.3, -0.25) is 4.79 Å². The van der Waals surface area contributed by atoms with Crippen molar-refractivity contribution in [1.82, 2.24) is 10.6 Å². The van der Waals surface area contributed by atoms with Gasteiger partial charge in [-0.25, -0.2) is 4.79 Å². The molecular formula is C16H20F3N3O3. The average molecular weight is 359 g/mol. The predicted octanol–water partition coefficient (Wildman–Crippen LogP) is 3.16. The van der Waals surface area contributed by atoms with Crippen molar-refractivity contribution in [2.24, 2.45) is 0 Å². The zero-order valence-electron chi connectivity index (χ0n) is 13.5. The summed E-state index contributed by atoms with van der Waals surface area (Å²) in [5.74, 6) is -0.990. The van der Waals surface area contributed by atoms with Gasteiger partial charge in [0.2, 0.25) is 5.91 Å². The first-order valence-corrected chi connectivity index (χ1v) is 8.02. The lowest BCUT2D eigenvalue weighted by molar-refractivity contribution is -0.274. The lowest BCUT2D eigenvalue weighted by Gasteiger charge is -2.22. The molecule has 2 rings (SSSR count). The van der Waals surface area contributed by atoms with Crippen molar-refractivity contribution < 1.29 is 27.5 Å². The van der Waals surface area contributed by atoms with E-state index in [2.05, 4.69) is 20.7 Å². The van der Waals surface area contributed by atoms with E-state index in [-0.39, 0.29) is 18.3 Å². The Labute approximate surface area is 143 Å². The normalized spacial score (nSPS) is 15.3. The third-order valence-corrected chi connectivity index (χ3v) is 3.70. The molecule has 1 aromatic rings. The SMILES string of the molecule is O=C(CNC(=O)NC1CCCCC1)Nc1cccc(OC(F)(F)F)c1. The minimum atomic E-state index is -4.80.